The van der Waals surface area contributed by atoms with Gasteiger partial charge in [0.25, 0.3) is 0 Å². The number of hydrogen-bond acceptors (Lipinski definition) is 4. The number of ether oxygens (including phenoxy) is 1. The van der Waals surface area contributed by atoms with E-state index in [4.69, 9.17) is 4.74 Å². The highest BCUT2D eigenvalue weighted by atomic mass is 16.5. The van der Waals surface area contributed by atoms with Crippen molar-refractivity contribution in [2.45, 2.75) is 50.9 Å². The molecular formula is C20H24O4. The van der Waals surface area contributed by atoms with Crippen LogP contribution in [-0.2, 0) is 21.4 Å². The SMILES string of the molecule is C[C@H](CO)c1ccc2c(c1O)CC[C@H]1C3=C(CC[C@]21C)C(=O)OC3. The number of phenols is 1. The molecule has 4 rings (SSSR count). The number of cyclic esters (lactones) is 1. The zero-order valence-electron chi connectivity index (χ0n) is 14.3. The predicted molar refractivity (Wildman–Crippen MR) is 90.0 cm³/mol. The van der Waals surface area contributed by atoms with Gasteiger partial charge in [0.15, 0.2) is 0 Å². The highest BCUT2D eigenvalue weighted by Gasteiger charge is 2.49. The lowest BCUT2D eigenvalue weighted by Gasteiger charge is -2.46. The second-order valence-electron chi connectivity index (χ2n) is 7.70. The minimum absolute atomic E-state index is 0.0297. The maximum absolute atomic E-state index is 11.9. The van der Waals surface area contributed by atoms with Gasteiger partial charge in [0, 0.05) is 18.1 Å². The lowest BCUT2D eigenvalue weighted by atomic mass is 9.56. The second-order valence-corrected chi connectivity index (χ2v) is 7.70. The molecule has 0 spiro atoms. The van der Waals surface area contributed by atoms with Gasteiger partial charge in [-0.2, -0.15) is 0 Å². The molecule has 1 heterocycles. The molecule has 0 radical (unpaired) electrons. The lowest BCUT2D eigenvalue weighted by molar-refractivity contribution is -0.136. The second kappa shape index (κ2) is 5.35. The predicted octanol–water partition coefficient (Wildman–Crippen LogP) is 2.96. The summed E-state index contributed by atoms with van der Waals surface area (Å²) in [6, 6.07) is 4.09. The van der Waals surface area contributed by atoms with Crippen LogP contribution in [0.15, 0.2) is 23.3 Å². The van der Waals surface area contributed by atoms with Gasteiger partial charge < -0.3 is 14.9 Å². The largest absolute Gasteiger partial charge is 0.507 e. The van der Waals surface area contributed by atoms with Crippen LogP contribution >= 0.6 is 0 Å². The van der Waals surface area contributed by atoms with E-state index in [1.807, 2.05) is 13.0 Å². The van der Waals surface area contributed by atoms with Crippen molar-refractivity contribution in [2.24, 2.45) is 5.92 Å². The van der Waals surface area contributed by atoms with Gasteiger partial charge in [-0.05, 0) is 59.3 Å². The molecule has 0 unspecified atom stereocenters. The Morgan fingerprint density at radius 3 is 2.92 bits per heavy atom. The molecule has 0 bridgehead atoms. The molecule has 3 aliphatic rings. The summed E-state index contributed by atoms with van der Waals surface area (Å²) in [5, 5.41) is 20.2. The Hall–Kier alpha value is -1.81. The third-order valence-electron chi connectivity index (χ3n) is 6.49. The molecule has 1 aliphatic heterocycles. The molecule has 1 aromatic carbocycles. The normalized spacial score (nSPS) is 29.6. The lowest BCUT2D eigenvalue weighted by Crippen LogP contribution is -2.41. The summed E-state index contributed by atoms with van der Waals surface area (Å²) in [5.41, 5.74) is 5.09. The van der Waals surface area contributed by atoms with E-state index in [0.717, 1.165) is 42.4 Å². The molecule has 4 nitrogen and oxygen atoms in total. The van der Waals surface area contributed by atoms with Crippen molar-refractivity contribution in [3.05, 3.63) is 40.0 Å². The maximum atomic E-state index is 11.9. The summed E-state index contributed by atoms with van der Waals surface area (Å²) < 4.78 is 5.28. The summed E-state index contributed by atoms with van der Waals surface area (Å²) in [6.45, 7) is 4.65. The molecular weight excluding hydrogens is 304 g/mol. The first-order valence-corrected chi connectivity index (χ1v) is 8.82. The quantitative estimate of drug-likeness (QED) is 0.819. The number of aliphatic hydroxyl groups is 1. The highest BCUT2D eigenvalue weighted by molar-refractivity contribution is 5.92. The minimum atomic E-state index is -0.132. The van der Waals surface area contributed by atoms with E-state index in [9.17, 15) is 15.0 Å². The van der Waals surface area contributed by atoms with Crippen LogP contribution < -0.4 is 0 Å². The van der Waals surface area contributed by atoms with Gasteiger partial charge in [-0.15, -0.1) is 0 Å². The molecule has 1 aromatic rings. The zero-order valence-corrected chi connectivity index (χ0v) is 14.3. The maximum Gasteiger partial charge on any atom is 0.334 e. The van der Waals surface area contributed by atoms with E-state index < -0.39 is 0 Å². The number of carbonyl (C=O) groups excluding carboxylic acids is 1. The van der Waals surface area contributed by atoms with Crippen molar-refractivity contribution < 1.29 is 19.7 Å². The molecule has 4 heteroatoms. The minimum Gasteiger partial charge on any atom is -0.507 e. The number of benzene rings is 1. The van der Waals surface area contributed by atoms with Crippen molar-refractivity contribution in [1.29, 1.82) is 0 Å². The van der Waals surface area contributed by atoms with Gasteiger partial charge in [-0.1, -0.05) is 26.0 Å². The molecule has 0 saturated heterocycles. The molecule has 2 aliphatic carbocycles. The number of rotatable bonds is 2. The van der Waals surface area contributed by atoms with Crippen LogP contribution in [0.2, 0.25) is 0 Å². The molecule has 0 aromatic heterocycles. The van der Waals surface area contributed by atoms with Crippen molar-refractivity contribution in [3.8, 4) is 5.75 Å². The van der Waals surface area contributed by atoms with Gasteiger partial charge in [0.2, 0.25) is 0 Å². The van der Waals surface area contributed by atoms with E-state index in [1.165, 1.54) is 11.1 Å². The van der Waals surface area contributed by atoms with Crippen LogP contribution in [0.4, 0.5) is 0 Å². The molecule has 128 valence electrons. The average molecular weight is 328 g/mol. The number of aromatic hydroxyl groups is 1. The smallest absolute Gasteiger partial charge is 0.334 e. The van der Waals surface area contributed by atoms with Crippen molar-refractivity contribution in [2.75, 3.05) is 13.2 Å². The number of carbonyl (C=O) groups is 1. The summed E-state index contributed by atoms with van der Waals surface area (Å²) in [5.74, 6) is 0.475. The number of phenolic OH excluding ortho intramolecular Hbond substituents is 1. The molecule has 3 atom stereocenters. The Bertz CT molecular complexity index is 748. The third kappa shape index (κ3) is 1.99. The van der Waals surface area contributed by atoms with Crippen molar-refractivity contribution >= 4 is 5.97 Å². The van der Waals surface area contributed by atoms with Gasteiger partial charge in [0.1, 0.15) is 12.4 Å². The van der Waals surface area contributed by atoms with Gasteiger partial charge in [0.05, 0.1) is 0 Å². The summed E-state index contributed by atoms with van der Waals surface area (Å²) in [6.07, 6.45) is 3.41. The Morgan fingerprint density at radius 1 is 1.38 bits per heavy atom. The van der Waals surface area contributed by atoms with Crippen LogP contribution in [0.25, 0.3) is 0 Å². The summed E-state index contributed by atoms with van der Waals surface area (Å²) in [7, 11) is 0. The molecule has 0 saturated carbocycles. The number of hydrogen-bond donors (Lipinski definition) is 2. The summed E-state index contributed by atoms with van der Waals surface area (Å²) in [4.78, 5) is 11.9. The Kier molecular flexibility index (Phi) is 3.50. The number of esters is 1. The Balaban J connectivity index is 1.81. The van der Waals surface area contributed by atoms with E-state index in [0.29, 0.717) is 18.3 Å². The van der Waals surface area contributed by atoms with Gasteiger partial charge in [-0.3, -0.25) is 0 Å². The molecule has 0 fully saturated rings. The van der Waals surface area contributed by atoms with Gasteiger partial charge in [-0.25, -0.2) is 4.79 Å². The average Bonchev–Trinajstić information content (AvgIpc) is 2.95. The van der Waals surface area contributed by atoms with Crippen LogP contribution in [-0.4, -0.2) is 29.4 Å². The van der Waals surface area contributed by atoms with Crippen LogP contribution in [0, 0.1) is 5.92 Å². The fraction of sp³-hybridized carbons (Fsp3) is 0.550. The molecule has 0 amide bonds. The Morgan fingerprint density at radius 2 is 2.17 bits per heavy atom. The first kappa shape index (κ1) is 15.7. The fourth-order valence-electron chi connectivity index (χ4n) is 5.01. The van der Waals surface area contributed by atoms with E-state index >= 15 is 0 Å². The summed E-state index contributed by atoms with van der Waals surface area (Å²) >= 11 is 0. The third-order valence-corrected chi connectivity index (χ3v) is 6.49. The Labute approximate surface area is 142 Å². The number of aliphatic hydroxyl groups excluding tert-OH is 1. The fourth-order valence-corrected chi connectivity index (χ4v) is 5.01. The van der Waals surface area contributed by atoms with Crippen molar-refractivity contribution in [1.82, 2.24) is 0 Å². The highest BCUT2D eigenvalue weighted by Crippen LogP contribution is 2.55. The van der Waals surface area contributed by atoms with Crippen LogP contribution in [0.3, 0.4) is 0 Å². The van der Waals surface area contributed by atoms with Crippen LogP contribution in [0.1, 0.15) is 55.7 Å². The van der Waals surface area contributed by atoms with E-state index in [-0.39, 0.29) is 23.9 Å². The first-order chi connectivity index (χ1) is 11.5. The van der Waals surface area contributed by atoms with Crippen LogP contribution in [0.5, 0.6) is 5.75 Å². The standard InChI is InChI=1S/C20H24O4/c1-11(9-21)12-3-5-16-14(18(12)22)4-6-17-15-10-24-19(23)13(15)7-8-20(16,17)2/h3,5,11,17,21-22H,4,6-10H2,1-2H3/t11-,17+,20-/m1/s1. The monoisotopic (exact) mass is 328 g/mol. The first-order valence-electron chi connectivity index (χ1n) is 8.82. The van der Waals surface area contributed by atoms with Crippen molar-refractivity contribution in [3.63, 3.8) is 0 Å². The zero-order chi connectivity index (χ0) is 17.1. The van der Waals surface area contributed by atoms with E-state index in [2.05, 4.69) is 13.0 Å². The topological polar surface area (TPSA) is 66.8 Å². The molecule has 24 heavy (non-hydrogen) atoms. The van der Waals surface area contributed by atoms with Gasteiger partial charge >= 0.3 is 5.97 Å². The molecule has 2 N–H and O–H groups in total. The van der Waals surface area contributed by atoms with E-state index in [1.54, 1.807) is 0 Å². The number of fused-ring (bicyclic) bond motifs is 4.